The standard InChI is InChI=1S/C10H12N2.C10H10O.C9H10O.2CH4O.H4N2.H2O/c1-8-10(7-11-12-8)9-5-3-2-4-6-9;1-8(9(2)11)10-6-4-3-5-7-10;1-8(10)7-9-5-3-2-4-6-9;3*1-2;/h2-6,10-11H,7H2,1H3;3-7H,1H2,2H3;2-6H,7H2,1H3;2*2H,1H3;1-2H2;1H2. The van der Waals surface area contributed by atoms with Crippen LogP contribution in [0.5, 0.6) is 0 Å². The van der Waals surface area contributed by atoms with Gasteiger partial charge in [0.25, 0.3) is 0 Å². The van der Waals surface area contributed by atoms with Gasteiger partial charge in [-0.2, -0.15) is 5.10 Å². The van der Waals surface area contributed by atoms with Crippen molar-refractivity contribution in [2.75, 3.05) is 20.8 Å². The third kappa shape index (κ3) is 17.5. The lowest BCUT2D eigenvalue weighted by molar-refractivity contribution is -0.116. The molecule has 1 aliphatic heterocycles. The molecule has 40 heavy (non-hydrogen) atoms. The van der Waals surface area contributed by atoms with Gasteiger partial charge in [-0.3, -0.25) is 21.3 Å². The van der Waals surface area contributed by atoms with Crippen LogP contribution < -0.4 is 17.1 Å². The minimum absolute atomic E-state index is 0. The second-order valence-electron chi connectivity index (χ2n) is 7.84. The first-order chi connectivity index (χ1) is 18.9. The Balaban J connectivity index is -0.000000465. The van der Waals surface area contributed by atoms with Crippen molar-refractivity contribution in [3.05, 3.63) is 114 Å². The van der Waals surface area contributed by atoms with Gasteiger partial charge in [0.2, 0.25) is 0 Å². The van der Waals surface area contributed by atoms with E-state index >= 15 is 0 Å². The summed E-state index contributed by atoms with van der Waals surface area (Å²) in [6.07, 6.45) is 0.556. The monoisotopic (exact) mass is 554 g/mol. The molecule has 1 atom stereocenters. The number of nitrogens with two attached hydrogens (primary N) is 2. The number of aliphatic hydroxyl groups excluding tert-OH is 2. The number of aliphatic hydroxyl groups is 2. The highest BCUT2D eigenvalue weighted by molar-refractivity contribution is 6.18. The Kier molecular flexibility index (Phi) is 26.9. The fourth-order valence-corrected chi connectivity index (χ4v) is 3.26. The summed E-state index contributed by atoms with van der Waals surface area (Å²) in [5, 5.41) is 18.2. The van der Waals surface area contributed by atoms with Gasteiger partial charge in [0.15, 0.2) is 5.78 Å². The van der Waals surface area contributed by atoms with Crippen LogP contribution in [0.1, 0.15) is 43.4 Å². The number of hydrazone groups is 1. The van der Waals surface area contributed by atoms with Crippen LogP contribution in [0.15, 0.2) is 103 Å². The molecule has 4 rings (SSSR count). The van der Waals surface area contributed by atoms with Crippen LogP contribution in [-0.4, -0.2) is 53.7 Å². The molecule has 1 unspecified atom stereocenters. The van der Waals surface area contributed by atoms with Gasteiger partial charge in [-0.15, -0.1) is 0 Å². The van der Waals surface area contributed by atoms with E-state index in [1.165, 1.54) is 18.2 Å². The number of nitrogens with one attached hydrogen (secondary N) is 1. The van der Waals surface area contributed by atoms with E-state index in [0.29, 0.717) is 17.9 Å². The predicted octanol–water partition coefficient (Wildman–Crippen LogP) is 3.07. The molecule has 220 valence electrons. The minimum Gasteiger partial charge on any atom is -0.412 e. The molecule has 0 saturated heterocycles. The third-order valence-electron chi connectivity index (χ3n) is 5.10. The van der Waals surface area contributed by atoms with Gasteiger partial charge >= 0.3 is 0 Å². The van der Waals surface area contributed by atoms with Crippen molar-refractivity contribution in [3.63, 3.8) is 0 Å². The Hall–Kier alpha value is -3.99. The Morgan fingerprint density at radius 1 is 0.850 bits per heavy atom. The van der Waals surface area contributed by atoms with Gasteiger partial charge in [0.05, 0.1) is 0 Å². The molecule has 0 spiro atoms. The van der Waals surface area contributed by atoms with Crippen molar-refractivity contribution in [3.8, 4) is 0 Å². The largest absolute Gasteiger partial charge is 0.412 e. The molecule has 0 amide bonds. The van der Waals surface area contributed by atoms with Gasteiger partial charge < -0.3 is 21.1 Å². The van der Waals surface area contributed by atoms with E-state index in [2.05, 4.69) is 60.0 Å². The zero-order valence-corrected chi connectivity index (χ0v) is 24.2. The Bertz CT molecular complexity index is 1080. The zero-order chi connectivity index (χ0) is 30.1. The maximum atomic E-state index is 10.8. The van der Waals surface area contributed by atoms with Crippen molar-refractivity contribution in [1.82, 2.24) is 5.43 Å². The number of nitrogens with zero attached hydrogens (tertiary/aromatic N) is 1. The normalized spacial score (nSPS) is 11.8. The average molecular weight is 555 g/mol. The summed E-state index contributed by atoms with van der Waals surface area (Å²) in [5.41, 5.74) is 8.11. The average Bonchev–Trinajstić information content (AvgIpc) is 3.43. The smallest absolute Gasteiger partial charge is 0.159 e. The van der Waals surface area contributed by atoms with Crippen molar-refractivity contribution in [2.24, 2.45) is 16.8 Å². The van der Waals surface area contributed by atoms with E-state index in [4.69, 9.17) is 10.2 Å². The van der Waals surface area contributed by atoms with Gasteiger partial charge in [-0.1, -0.05) is 97.6 Å². The predicted molar refractivity (Wildman–Crippen MR) is 166 cm³/mol. The topological polar surface area (TPSA) is 183 Å². The number of allylic oxidation sites excluding steroid dienone is 1. The quantitative estimate of drug-likeness (QED) is 0.182. The van der Waals surface area contributed by atoms with Gasteiger partial charge in [0.1, 0.15) is 5.78 Å². The molecule has 0 aromatic heterocycles. The molecule has 0 radical (unpaired) electrons. The first-order valence-corrected chi connectivity index (χ1v) is 12.2. The van der Waals surface area contributed by atoms with Crippen LogP contribution in [-0.2, 0) is 16.0 Å². The van der Waals surface area contributed by atoms with Crippen LogP contribution in [0.4, 0.5) is 0 Å². The number of carbonyl (C=O) groups excluding carboxylic acids is 2. The molecule has 0 fully saturated rings. The number of hydrogen-bond donors (Lipinski definition) is 5. The fourth-order valence-electron chi connectivity index (χ4n) is 3.26. The number of hydrogen-bond acceptors (Lipinski definition) is 8. The first kappa shape index (κ1) is 40.5. The second kappa shape index (κ2) is 26.6. The van der Waals surface area contributed by atoms with Crippen LogP contribution in [0.3, 0.4) is 0 Å². The highest BCUT2D eigenvalue weighted by atomic mass is 16.2. The molecule has 0 bridgehead atoms. The molecule has 1 heterocycles. The molecule has 3 aromatic rings. The maximum absolute atomic E-state index is 10.8. The number of benzene rings is 3. The molecule has 0 saturated carbocycles. The highest BCUT2D eigenvalue weighted by Gasteiger charge is 2.18. The molecule has 1 aliphatic rings. The van der Waals surface area contributed by atoms with Gasteiger partial charge in [0, 0.05) is 44.4 Å². The van der Waals surface area contributed by atoms with E-state index in [0.717, 1.165) is 31.9 Å². The van der Waals surface area contributed by atoms with Gasteiger partial charge in [-0.05, 0) is 37.5 Å². The summed E-state index contributed by atoms with van der Waals surface area (Å²) in [6.45, 7) is 9.81. The lowest BCUT2D eigenvalue weighted by Crippen LogP contribution is -2.11. The van der Waals surface area contributed by atoms with Crippen molar-refractivity contribution < 1.29 is 25.3 Å². The number of hydrazine groups is 1. The number of carbonyl (C=O) groups is 2. The van der Waals surface area contributed by atoms with E-state index in [1.54, 1.807) is 6.92 Å². The zero-order valence-electron chi connectivity index (χ0n) is 24.2. The molecular formula is C31H46N4O5. The molecule has 9 N–H and O–H groups in total. The van der Waals surface area contributed by atoms with Crippen LogP contribution in [0.25, 0.3) is 5.57 Å². The summed E-state index contributed by atoms with van der Waals surface area (Å²) in [6, 6.07) is 29.7. The second-order valence-corrected chi connectivity index (χ2v) is 7.84. The van der Waals surface area contributed by atoms with Crippen LogP contribution in [0.2, 0.25) is 0 Å². The lowest BCUT2D eigenvalue weighted by Gasteiger charge is -2.08. The van der Waals surface area contributed by atoms with Crippen molar-refractivity contribution in [1.29, 1.82) is 0 Å². The fraction of sp³-hybridized carbons (Fsp3) is 0.258. The SMILES string of the molecule is C=C(C(C)=O)c1ccccc1.CC(=O)Cc1ccccc1.CC1=NNCC1c1ccccc1.CO.CO.NN.O. The summed E-state index contributed by atoms with van der Waals surface area (Å²) in [5.74, 6) is 8.72. The Morgan fingerprint density at radius 3 is 1.65 bits per heavy atom. The lowest BCUT2D eigenvalue weighted by atomic mass is 9.96. The van der Waals surface area contributed by atoms with E-state index < -0.39 is 0 Å². The minimum atomic E-state index is 0. The highest BCUT2D eigenvalue weighted by Crippen LogP contribution is 2.19. The summed E-state index contributed by atoms with van der Waals surface area (Å²) in [4.78, 5) is 21.5. The van der Waals surface area contributed by atoms with Crippen molar-refractivity contribution >= 4 is 22.9 Å². The van der Waals surface area contributed by atoms with E-state index in [1.807, 2.05) is 66.7 Å². The Morgan fingerprint density at radius 2 is 1.27 bits per heavy atom. The van der Waals surface area contributed by atoms with Crippen molar-refractivity contribution in [2.45, 2.75) is 33.1 Å². The summed E-state index contributed by atoms with van der Waals surface area (Å²) < 4.78 is 0. The van der Waals surface area contributed by atoms with E-state index in [9.17, 15) is 9.59 Å². The molecule has 3 aromatic carbocycles. The molecule has 9 nitrogen and oxygen atoms in total. The van der Waals surface area contributed by atoms with Gasteiger partial charge in [-0.25, -0.2) is 0 Å². The van der Waals surface area contributed by atoms with Crippen LogP contribution >= 0.6 is 0 Å². The number of Topliss-reactive ketones (excluding diaryl/α,β-unsaturated/α-hetero) is 2. The maximum Gasteiger partial charge on any atom is 0.159 e. The Labute approximate surface area is 238 Å². The summed E-state index contributed by atoms with van der Waals surface area (Å²) >= 11 is 0. The first-order valence-electron chi connectivity index (χ1n) is 12.2. The number of rotatable bonds is 5. The number of ketones is 2. The summed E-state index contributed by atoms with van der Waals surface area (Å²) in [7, 11) is 2.00. The molecular weight excluding hydrogens is 508 g/mol. The third-order valence-corrected chi connectivity index (χ3v) is 5.10. The molecule has 9 heteroatoms. The molecule has 0 aliphatic carbocycles. The van der Waals surface area contributed by atoms with Crippen LogP contribution in [0, 0.1) is 0 Å². The van der Waals surface area contributed by atoms with E-state index in [-0.39, 0.29) is 17.0 Å².